The molecular weight excluding hydrogens is 554 g/mol. The second-order valence-corrected chi connectivity index (χ2v) is 10.9. The second-order valence-electron chi connectivity index (χ2n) is 10.9. The fraction of sp³-hybridized carbons (Fsp3) is 0.379. The number of fused-ring (bicyclic) bond motifs is 1. The number of aromatic nitrogens is 5. The molecule has 43 heavy (non-hydrogen) atoms. The van der Waals surface area contributed by atoms with Gasteiger partial charge in [0.2, 0.25) is 17.7 Å². The zero-order valence-electron chi connectivity index (χ0n) is 24.0. The smallest absolute Gasteiger partial charge is 0.326 e. The Labute approximate surface area is 247 Å². The minimum absolute atomic E-state index is 0.00537. The van der Waals surface area contributed by atoms with Crippen molar-refractivity contribution in [2.24, 2.45) is 11.7 Å². The maximum atomic E-state index is 13.8. The van der Waals surface area contributed by atoms with E-state index in [4.69, 9.17) is 5.73 Å². The van der Waals surface area contributed by atoms with Crippen LogP contribution >= 0.6 is 0 Å². The molecule has 14 heteroatoms. The Balaban J connectivity index is 1.57. The topological polar surface area (TPSA) is 224 Å². The Kier molecular flexibility index (Phi) is 10.3. The van der Waals surface area contributed by atoms with Crippen molar-refractivity contribution in [2.45, 2.75) is 63.7 Å². The number of H-pyrrole nitrogens is 3. The summed E-state index contributed by atoms with van der Waals surface area (Å²) in [5, 5.41) is 18.7. The zero-order chi connectivity index (χ0) is 30.9. The first-order valence-corrected chi connectivity index (χ1v) is 14.0. The number of para-hydroxylation sites is 1. The summed E-state index contributed by atoms with van der Waals surface area (Å²) in [7, 11) is 0. The molecule has 4 atom stereocenters. The molecule has 0 bridgehead atoms. The van der Waals surface area contributed by atoms with Crippen molar-refractivity contribution in [1.82, 2.24) is 40.9 Å². The number of imidazole rings is 2. The quantitative estimate of drug-likeness (QED) is 0.0972. The summed E-state index contributed by atoms with van der Waals surface area (Å²) in [5.74, 6) is -2.93. The van der Waals surface area contributed by atoms with Gasteiger partial charge in [-0.15, -0.1) is 0 Å². The standard InChI is InChI=1S/C29H37N9O5/c1-16(2)7-21(30)26(39)36-23(8-17-11-33-22-6-4-3-5-20(17)22)27(40)37-24(9-18-12-31-14-34-18)28(41)38-25(29(42)43)10-19-13-32-15-35-19/h3-6,11-16,21,23-25,33H,7-10,30H2,1-2H3,(H,31,34)(H,32,35)(H,36,39)(H,37,40)(H,38,41)(H,42,43). The third-order valence-electron chi connectivity index (χ3n) is 7.00. The second kappa shape index (κ2) is 14.3. The Morgan fingerprint density at radius 1 is 0.814 bits per heavy atom. The van der Waals surface area contributed by atoms with Crippen molar-refractivity contribution in [3.05, 3.63) is 72.5 Å². The number of carboxylic acids is 1. The van der Waals surface area contributed by atoms with Crippen molar-refractivity contribution in [3.63, 3.8) is 0 Å². The number of nitrogens with zero attached hydrogens (tertiary/aromatic N) is 2. The number of carbonyl (C=O) groups is 4. The van der Waals surface area contributed by atoms with Gasteiger partial charge in [-0.05, 0) is 24.0 Å². The van der Waals surface area contributed by atoms with Gasteiger partial charge < -0.3 is 41.7 Å². The largest absolute Gasteiger partial charge is 0.480 e. The maximum Gasteiger partial charge on any atom is 0.326 e. The van der Waals surface area contributed by atoms with Crippen LogP contribution in [-0.4, -0.2) is 77.9 Å². The Hall–Kier alpha value is -4.98. The summed E-state index contributed by atoms with van der Waals surface area (Å²) in [6.07, 6.45) is 8.07. The third-order valence-corrected chi connectivity index (χ3v) is 7.00. The summed E-state index contributed by atoms with van der Waals surface area (Å²) in [6.45, 7) is 3.89. The lowest BCUT2D eigenvalue weighted by Crippen LogP contribution is -2.58. The van der Waals surface area contributed by atoms with E-state index in [9.17, 15) is 24.3 Å². The van der Waals surface area contributed by atoms with Gasteiger partial charge >= 0.3 is 5.97 Å². The number of amides is 3. The minimum atomic E-state index is -1.29. The Bertz CT molecular complexity index is 1510. The van der Waals surface area contributed by atoms with Crippen molar-refractivity contribution in [2.75, 3.05) is 0 Å². The molecule has 9 N–H and O–H groups in total. The number of carboxylic acid groups (broad SMARTS) is 1. The molecule has 0 fully saturated rings. The molecule has 4 rings (SSSR count). The number of benzene rings is 1. The van der Waals surface area contributed by atoms with Crippen LogP contribution in [0, 0.1) is 5.92 Å². The predicted molar refractivity (Wildman–Crippen MR) is 157 cm³/mol. The van der Waals surface area contributed by atoms with Crippen molar-refractivity contribution >= 4 is 34.6 Å². The summed E-state index contributed by atoms with van der Waals surface area (Å²) in [5.41, 5.74) is 8.83. The van der Waals surface area contributed by atoms with Crippen LogP contribution in [0.1, 0.15) is 37.2 Å². The van der Waals surface area contributed by atoms with Crippen LogP contribution in [0.25, 0.3) is 10.9 Å². The van der Waals surface area contributed by atoms with E-state index in [-0.39, 0.29) is 25.2 Å². The number of hydrogen-bond donors (Lipinski definition) is 8. The predicted octanol–water partition coefficient (Wildman–Crippen LogP) is 0.554. The molecule has 228 valence electrons. The molecule has 14 nitrogen and oxygen atoms in total. The van der Waals surface area contributed by atoms with Gasteiger partial charge in [-0.3, -0.25) is 14.4 Å². The molecule has 3 heterocycles. The van der Waals surface area contributed by atoms with Crippen molar-refractivity contribution in [3.8, 4) is 0 Å². The average molecular weight is 592 g/mol. The van der Waals surface area contributed by atoms with Crippen molar-refractivity contribution < 1.29 is 24.3 Å². The third kappa shape index (κ3) is 8.52. The first kappa shape index (κ1) is 31.0. The number of aliphatic carboxylic acids is 1. The minimum Gasteiger partial charge on any atom is -0.480 e. The number of aromatic amines is 3. The lowest BCUT2D eigenvalue weighted by atomic mass is 10.0. The molecule has 0 aliphatic rings. The SMILES string of the molecule is CC(C)CC(N)C(=O)NC(Cc1c[nH]c2ccccc12)C(=O)NC(Cc1cnc[nH]1)C(=O)NC(Cc1cnc[nH]1)C(=O)O. The van der Waals surface area contributed by atoms with E-state index in [1.165, 1.54) is 25.0 Å². The zero-order valence-corrected chi connectivity index (χ0v) is 24.0. The van der Waals surface area contributed by atoms with Gasteiger partial charge in [0.15, 0.2) is 0 Å². The number of nitrogens with one attached hydrogen (secondary N) is 6. The summed E-state index contributed by atoms with van der Waals surface area (Å²) in [6, 6.07) is 3.17. The first-order valence-electron chi connectivity index (χ1n) is 14.0. The van der Waals surface area contributed by atoms with Crippen LogP contribution in [0.5, 0.6) is 0 Å². The number of rotatable bonds is 15. The monoisotopic (exact) mass is 591 g/mol. The van der Waals surface area contributed by atoms with E-state index >= 15 is 0 Å². The van der Waals surface area contributed by atoms with Gasteiger partial charge in [0.05, 0.1) is 18.7 Å². The van der Waals surface area contributed by atoms with Crippen LogP contribution in [0.4, 0.5) is 0 Å². The molecule has 0 spiro atoms. The molecule has 3 aromatic heterocycles. The van der Waals surface area contributed by atoms with Gasteiger partial charge in [-0.2, -0.15) is 0 Å². The van der Waals surface area contributed by atoms with E-state index in [2.05, 4.69) is 40.9 Å². The molecular formula is C29H37N9O5. The van der Waals surface area contributed by atoms with Crippen LogP contribution < -0.4 is 21.7 Å². The fourth-order valence-electron chi connectivity index (χ4n) is 4.81. The summed E-state index contributed by atoms with van der Waals surface area (Å²) >= 11 is 0. The average Bonchev–Trinajstić information content (AvgIpc) is 3.75. The van der Waals surface area contributed by atoms with E-state index in [1.807, 2.05) is 38.1 Å². The maximum absolute atomic E-state index is 13.8. The molecule has 0 saturated heterocycles. The molecule has 0 aliphatic carbocycles. The van der Waals surface area contributed by atoms with Crippen LogP contribution in [-0.2, 0) is 38.4 Å². The molecule has 3 amide bonds. The molecule has 0 saturated carbocycles. The number of hydrogen-bond acceptors (Lipinski definition) is 7. The molecule has 1 aromatic carbocycles. The normalized spacial score (nSPS) is 14.1. The van der Waals surface area contributed by atoms with Gasteiger partial charge in [-0.1, -0.05) is 32.0 Å². The highest BCUT2D eigenvalue weighted by molar-refractivity contribution is 5.95. The van der Waals surface area contributed by atoms with E-state index < -0.39 is 47.9 Å². The lowest BCUT2D eigenvalue weighted by Gasteiger charge is -2.25. The highest BCUT2D eigenvalue weighted by Crippen LogP contribution is 2.19. The van der Waals surface area contributed by atoms with Crippen molar-refractivity contribution in [1.29, 1.82) is 0 Å². The van der Waals surface area contributed by atoms with Crippen LogP contribution in [0.2, 0.25) is 0 Å². The summed E-state index contributed by atoms with van der Waals surface area (Å²) < 4.78 is 0. The van der Waals surface area contributed by atoms with E-state index in [1.54, 1.807) is 6.20 Å². The van der Waals surface area contributed by atoms with Crippen LogP contribution in [0.15, 0.2) is 55.5 Å². The van der Waals surface area contributed by atoms with Gasteiger partial charge in [0, 0.05) is 60.1 Å². The van der Waals surface area contributed by atoms with Gasteiger partial charge in [0.1, 0.15) is 18.1 Å². The Morgan fingerprint density at radius 3 is 1.95 bits per heavy atom. The number of carbonyl (C=O) groups excluding carboxylic acids is 3. The first-order chi connectivity index (χ1) is 20.6. The highest BCUT2D eigenvalue weighted by Gasteiger charge is 2.31. The molecule has 4 aromatic rings. The lowest BCUT2D eigenvalue weighted by molar-refractivity contribution is -0.142. The molecule has 0 radical (unpaired) electrons. The van der Waals surface area contributed by atoms with E-state index in [0.717, 1.165) is 16.5 Å². The Morgan fingerprint density at radius 2 is 1.37 bits per heavy atom. The summed E-state index contributed by atoms with van der Waals surface area (Å²) in [4.78, 5) is 69.0. The number of nitrogens with two attached hydrogens (primary N) is 1. The van der Waals surface area contributed by atoms with Crippen LogP contribution in [0.3, 0.4) is 0 Å². The van der Waals surface area contributed by atoms with Gasteiger partial charge in [-0.25, -0.2) is 14.8 Å². The van der Waals surface area contributed by atoms with Gasteiger partial charge in [0.25, 0.3) is 0 Å². The molecule has 0 aliphatic heterocycles. The fourth-order valence-corrected chi connectivity index (χ4v) is 4.81. The highest BCUT2D eigenvalue weighted by atomic mass is 16.4. The van der Waals surface area contributed by atoms with E-state index in [0.29, 0.717) is 17.8 Å². The molecule has 4 unspecified atom stereocenters.